The van der Waals surface area contributed by atoms with Gasteiger partial charge in [0.2, 0.25) is 10.0 Å². The van der Waals surface area contributed by atoms with E-state index in [1.165, 1.54) is 12.1 Å². The van der Waals surface area contributed by atoms with Crippen molar-refractivity contribution in [3.8, 4) is 11.5 Å². The Balaban J connectivity index is 1.78. The molecule has 1 aliphatic rings. The van der Waals surface area contributed by atoms with Crippen molar-refractivity contribution in [2.45, 2.75) is 24.5 Å². The van der Waals surface area contributed by atoms with Crippen LogP contribution in [-0.4, -0.2) is 22.1 Å². The largest absolute Gasteiger partial charge is 0.455 e. The second kappa shape index (κ2) is 10.1. The number of hydrogen-bond donors (Lipinski definition) is 3. The summed E-state index contributed by atoms with van der Waals surface area (Å²) in [6.45, 7) is 0. The Hall–Kier alpha value is -2.56. The molecule has 14 heteroatoms. The minimum absolute atomic E-state index is 0.0966. The van der Waals surface area contributed by atoms with Gasteiger partial charge >= 0.3 is 0 Å². The smallest absolute Gasteiger partial charge is 0.296 e. The molecule has 0 atom stereocenters. The van der Waals surface area contributed by atoms with Crippen LogP contribution in [0, 0.1) is 21.0 Å². The molecule has 1 saturated carbocycles. The Morgan fingerprint density at radius 3 is 2.28 bits per heavy atom. The third-order valence-electron chi connectivity index (χ3n) is 5.17. The van der Waals surface area contributed by atoms with Crippen LogP contribution in [0.25, 0.3) is 0 Å². The van der Waals surface area contributed by atoms with Crippen LogP contribution in [-0.2, 0) is 26.7 Å². The molecular formula is C22H19F3IN3O5S2. The molecule has 0 saturated heterocycles. The van der Waals surface area contributed by atoms with Gasteiger partial charge in [0.1, 0.15) is 23.2 Å². The quantitative estimate of drug-likeness (QED) is 0.291. The van der Waals surface area contributed by atoms with E-state index in [-0.39, 0.29) is 34.7 Å². The first kappa shape index (κ1) is 26.5. The van der Waals surface area contributed by atoms with Crippen molar-refractivity contribution >= 4 is 54.2 Å². The second-order valence-corrected chi connectivity index (χ2v) is 12.6. The predicted molar refractivity (Wildman–Crippen MR) is 137 cm³/mol. The Morgan fingerprint density at radius 2 is 1.64 bits per heavy atom. The minimum atomic E-state index is -4.31. The topological polar surface area (TPSA) is 128 Å². The number of nitrogens with two attached hydrogens (primary N) is 1. The van der Waals surface area contributed by atoms with E-state index in [2.05, 4.69) is 4.72 Å². The van der Waals surface area contributed by atoms with E-state index >= 15 is 0 Å². The van der Waals surface area contributed by atoms with Crippen LogP contribution in [0.4, 0.5) is 24.5 Å². The average molecular weight is 653 g/mol. The lowest BCUT2D eigenvalue weighted by atomic mass is 10.0. The van der Waals surface area contributed by atoms with Crippen molar-refractivity contribution in [2.24, 2.45) is 5.14 Å². The Bertz CT molecular complexity index is 1550. The number of ether oxygens (including phenoxy) is 1. The van der Waals surface area contributed by atoms with Gasteiger partial charge in [-0.25, -0.2) is 26.7 Å². The maximum absolute atomic E-state index is 14.6. The molecule has 1 fully saturated rings. The molecule has 8 nitrogen and oxygen atoms in total. The highest BCUT2D eigenvalue weighted by Crippen LogP contribution is 2.39. The zero-order valence-corrected chi connectivity index (χ0v) is 22.1. The van der Waals surface area contributed by atoms with E-state index in [1.54, 1.807) is 10.8 Å². The van der Waals surface area contributed by atoms with Gasteiger partial charge in [-0.15, -0.1) is 0 Å². The fourth-order valence-corrected chi connectivity index (χ4v) is 5.73. The number of benzene rings is 3. The van der Waals surface area contributed by atoms with Gasteiger partial charge in [0.25, 0.3) is 10.2 Å². The molecule has 0 aliphatic heterocycles. The molecular weight excluding hydrogens is 634 g/mol. The predicted octanol–water partition coefficient (Wildman–Crippen LogP) is 4.61. The Morgan fingerprint density at radius 1 is 0.917 bits per heavy atom. The summed E-state index contributed by atoms with van der Waals surface area (Å²) in [6, 6.07) is 9.41. The number of nitrogens with one attached hydrogen (secondary N) is 2. The van der Waals surface area contributed by atoms with E-state index in [0.29, 0.717) is 16.4 Å². The monoisotopic (exact) mass is 653 g/mol. The first-order valence-corrected chi connectivity index (χ1v) is 14.5. The number of sulfonamides is 1. The second-order valence-electron chi connectivity index (χ2n) is 8.09. The zero-order chi connectivity index (χ0) is 26.3. The summed E-state index contributed by atoms with van der Waals surface area (Å²) in [7, 11) is -8.17. The molecule has 4 rings (SSSR count). The number of rotatable bonds is 9. The Kier molecular flexibility index (Phi) is 7.41. The first-order valence-electron chi connectivity index (χ1n) is 10.4. The molecule has 4 N–H and O–H groups in total. The van der Waals surface area contributed by atoms with E-state index in [1.807, 2.05) is 22.6 Å². The molecule has 3 aromatic carbocycles. The summed E-state index contributed by atoms with van der Waals surface area (Å²) in [6.07, 6.45) is 0.740. The SMILES string of the molecule is NS(=O)(=O)Nc1cc(Oc2cc(F)cc(Cc3ccc(I)cc3F)c2NS(=O)(=O)C2CC2)ccc1F. The van der Waals surface area contributed by atoms with Crippen LogP contribution in [0.1, 0.15) is 24.0 Å². The maximum atomic E-state index is 14.6. The van der Waals surface area contributed by atoms with Crippen LogP contribution in [0.15, 0.2) is 48.5 Å². The Labute approximate surface area is 219 Å². The van der Waals surface area contributed by atoms with E-state index in [4.69, 9.17) is 9.88 Å². The molecule has 1 aliphatic carbocycles. The molecule has 0 radical (unpaired) electrons. The van der Waals surface area contributed by atoms with Crippen molar-refractivity contribution in [1.29, 1.82) is 0 Å². The van der Waals surface area contributed by atoms with Crippen molar-refractivity contribution in [3.63, 3.8) is 0 Å². The summed E-state index contributed by atoms with van der Waals surface area (Å²) >= 11 is 1.94. The summed E-state index contributed by atoms with van der Waals surface area (Å²) < 4.78 is 102. The maximum Gasteiger partial charge on any atom is 0.296 e. The molecule has 0 amide bonds. The highest BCUT2D eigenvalue weighted by molar-refractivity contribution is 14.1. The zero-order valence-electron chi connectivity index (χ0n) is 18.3. The van der Waals surface area contributed by atoms with Gasteiger partial charge in [-0.3, -0.25) is 9.44 Å². The molecule has 0 bridgehead atoms. The summed E-state index contributed by atoms with van der Waals surface area (Å²) in [4.78, 5) is 0. The van der Waals surface area contributed by atoms with Gasteiger partial charge in [-0.05, 0) is 76.9 Å². The van der Waals surface area contributed by atoms with E-state index < -0.39 is 48.6 Å². The van der Waals surface area contributed by atoms with Crippen LogP contribution < -0.4 is 19.3 Å². The molecule has 0 heterocycles. The standard InChI is InChI=1S/C22H19F3IN3O5S2/c23-14-8-13(7-12-1-2-15(26)10-19(12)25)22(29-35(30,31)17-4-5-17)21(9-14)34-16-3-6-18(24)20(11-16)28-36(27,32)33/h1-3,6,8-11,17,28-29H,4-5,7H2,(H2,27,32,33). The lowest BCUT2D eigenvalue weighted by molar-refractivity contribution is 0.476. The summed E-state index contributed by atoms with van der Waals surface area (Å²) in [5.74, 6) is -2.74. The van der Waals surface area contributed by atoms with Crippen molar-refractivity contribution in [3.05, 3.63) is 80.7 Å². The third-order valence-corrected chi connectivity index (χ3v) is 8.18. The molecule has 0 spiro atoms. The van der Waals surface area contributed by atoms with Gasteiger partial charge < -0.3 is 4.74 Å². The van der Waals surface area contributed by atoms with Gasteiger partial charge in [-0.1, -0.05) is 6.07 Å². The molecule has 0 unspecified atom stereocenters. The fourth-order valence-electron chi connectivity index (χ4n) is 3.37. The van der Waals surface area contributed by atoms with Gasteiger partial charge in [0, 0.05) is 22.1 Å². The van der Waals surface area contributed by atoms with Crippen LogP contribution >= 0.6 is 22.6 Å². The van der Waals surface area contributed by atoms with Crippen LogP contribution in [0.3, 0.4) is 0 Å². The lowest BCUT2D eigenvalue weighted by Gasteiger charge is -2.18. The highest BCUT2D eigenvalue weighted by atomic mass is 127. The number of halogens is 4. The molecule has 192 valence electrons. The van der Waals surface area contributed by atoms with Crippen molar-refractivity contribution in [1.82, 2.24) is 0 Å². The normalized spacial score (nSPS) is 13.9. The molecule has 3 aromatic rings. The van der Waals surface area contributed by atoms with Crippen LogP contribution in [0.5, 0.6) is 11.5 Å². The molecule has 36 heavy (non-hydrogen) atoms. The van der Waals surface area contributed by atoms with Crippen LogP contribution in [0.2, 0.25) is 0 Å². The van der Waals surface area contributed by atoms with E-state index in [9.17, 15) is 30.0 Å². The summed E-state index contributed by atoms with van der Waals surface area (Å²) in [5, 5.41) is 4.27. The fraction of sp³-hybridized carbons (Fsp3) is 0.182. The number of anilines is 2. The average Bonchev–Trinajstić information content (AvgIpc) is 3.60. The van der Waals surface area contributed by atoms with Crippen molar-refractivity contribution < 1.29 is 34.7 Å². The molecule has 0 aromatic heterocycles. The van der Waals surface area contributed by atoms with Gasteiger partial charge in [0.15, 0.2) is 5.75 Å². The summed E-state index contributed by atoms with van der Waals surface area (Å²) in [5.41, 5.74) is -0.362. The van der Waals surface area contributed by atoms with Gasteiger partial charge in [0.05, 0.1) is 16.6 Å². The lowest BCUT2D eigenvalue weighted by Crippen LogP contribution is -2.22. The number of hydrogen-bond acceptors (Lipinski definition) is 5. The van der Waals surface area contributed by atoms with E-state index in [0.717, 1.165) is 30.3 Å². The van der Waals surface area contributed by atoms with Gasteiger partial charge in [-0.2, -0.15) is 8.42 Å². The highest BCUT2D eigenvalue weighted by Gasteiger charge is 2.37. The van der Waals surface area contributed by atoms with Crippen molar-refractivity contribution in [2.75, 3.05) is 9.44 Å². The first-order chi connectivity index (χ1) is 16.8. The third kappa shape index (κ3) is 6.60. The minimum Gasteiger partial charge on any atom is -0.455 e.